The van der Waals surface area contributed by atoms with E-state index in [-0.39, 0.29) is 0 Å². The van der Waals surface area contributed by atoms with Crippen molar-refractivity contribution in [2.75, 3.05) is 5.32 Å². The van der Waals surface area contributed by atoms with Crippen LogP contribution in [-0.4, -0.2) is 0 Å². The molecule has 0 saturated carbocycles. The summed E-state index contributed by atoms with van der Waals surface area (Å²) in [5.41, 5.74) is 2.08. The van der Waals surface area contributed by atoms with E-state index in [0.29, 0.717) is 0 Å². The van der Waals surface area contributed by atoms with Gasteiger partial charge in [-0.1, -0.05) is 48.5 Å². The summed E-state index contributed by atoms with van der Waals surface area (Å²) in [5, 5.41) is 5.69. The van der Waals surface area contributed by atoms with E-state index in [4.69, 9.17) is 0 Å². The number of rotatable bonds is 2. The van der Waals surface area contributed by atoms with E-state index in [1.807, 2.05) is 42.5 Å². The van der Waals surface area contributed by atoms with Crippen LogP contribution in [0.15, 0.2) is 66.7 Å². The van der Waals surface area contributed by atoms with Gasteiger partial charge in [0.05, 0.1) is 0 Å². The molecule has 0 aliphatic carbocycles. The molecule has 0 aliphatic rings. The molecule has 1 radical (unpaired) electrons. The lowest BCUT2D eigenvalue weighted by Gasteiger charge is -2.06. The van der Waals surface area contributed by atoms with Crippen molar-refractivity contribution in [2.24, 2.45) is 0 Å². The third kappa shape index (κ3) is 2.13. The zero-order chi connectivity index (χ0) is 11.5. The fourth-order valence-electron chi connectivity index (χ4n) is 1.87. The van der Waals surface area contributed by atoms with Crippen LogP contribution >= 0.6 is 0 Å². The average Bonchev–Trinajstić information content (AvgIpc) is 2.40. The molecule has 0 spiro atoms. The second-order valence-corrected chi connectivity index (χ2v) is 3.95. The average molecular weight is 218 g/mol. The summed E-state index contributed by atoms with van der Waals surface area (Å²) in [4.78, 5) is 0. The van der Waals surface area contributed by atoms with Gasteiger partial charge in [-0.2, -0.15) is 0 Å². The maximum absolute atomic E-state index is 3.36. The van der Waals surface area contributed by atoms with E-state index in [2.05, 4.69) is 35.6 Å². The van der Waals surface area contributed by atoms with E-state index in [1.54, 1.807) is 0 Å². The van der Waals surface area contributed by atoms with Gasteiger partial charge in [-0.25, -0.2) is 0 Å². The zero-order valence-electron chi connectivity index (χ0n) is 9.35. The van der Waals surface area contributed by atoms with E-state index in [9.17, 15) is 0 Å². The maximum Gasteiger partial charge on any atom is 0.0471 e. The summed E-state index contributed by atoms with van der Waals surface area (Å²) >= 11 is 0. The first-order chi connectivity index (χ1) is 8.42. The maximum atomic E-state index is 3.36. The Morgan fingerprint density at radius 2 is 1.47 bits per heavy atom. The fraction of sp³-hybridized carbons (Fsp3) is 0. The van der Waals surface area contributed by atoms with Crippen molar-refractivity contribution in [3.63, 3.8) is 0 Å². The number of hydrogen-bond acceptors (Lipinski definition) is 1. The molecule has 17 heavy (non-hydrogen) atoms. The predicted molar refractivity (Wildman–Crippen MR) is 72.5 cm³/mol. The first kappa shape index (κ1) is 9.91. The molecule has 0 bridgehead atoms. The highest BCUT2D eigenvalue weighted by Crippen LogP contribution is 2.21. The second-order valence-electron chi connectivity index (χ2n) is 3.95. The molecule has 0 saturated heterocycles. The minimum Gasteiger partial charge on any atom is -0.355 e. The second kappa shape index (κ2) is 4.30. The third-order valence-corrected chi connectivity index (χ3v) is 2.71. The van der Waals surface area contributed by atoms with Gasteiger partial charge in [0.1, 0.15) is 0 Å². The van der Waals surface area contributed by atoms with Crippen molar-refractivity contribution < 1.29 is 0 Å². The SMILES string of the molecule is [c]1c(Nc2ccccc2)ccc2ccccc12. The topological polar surface area (TPSA) is 12.0 Å². The lowest BCUT2D eigenvalue weighted by Crippen LogP contribution is -1.89. The Kier molecular flexibility index (Phi) is 2.51. The molecule has 1 N–H and O–H groups in total. The number of para-hydroxylation sites is 1. The van der Waals surface area contributed by atoms with Gasteiger partial charge in [0.25, 0.3) is 0 Å². The number of fused-ring (bicyclic) bond motifs is 1. The Bertz CT molecular complexity index is 629. The van der Waals surface area contributed by atoms with Gasteiger partial charge < -0.3 is 5.32 Å². The summed E-state index contributed by atoms with van der Waals surface area (Å²) in [6.07, 6.45) is 0. The Morgan fingerprint density at radius 1 is 0.706 bits per heavy atom. The number of hydrogen-bond donors (Lipinski definition) is 1. The van der Waals surface area contributed by atoms with Crippen LogP contribution in [0.1, 0.15) is 0 Å². The Labute approximate surface area is 101 Å². The van der Waals surface area contributed by atoms with Crippen molar-refractivity contribution in [3.8, 4) is 0 Å². The highest BCUT2D eigenvalue weighted by Gasteiger charge is 1.96. The summed E-state index contributed by atoms with van der Waals surface area (Å²) in [6.45, 7) is 0. The predicted octanol–water partition coefficient (Wildman–Crippen LogP) is 4.38. The molecule has 0 unspecified atom stereocenters. The molecule has 0 amide bonds. The van der Waals surface area contributed by atoms with Crippen LogP contribution in [0.3, 0.4) is 0 Å². The third-order valence-electron chi connectivity index (χ3n) is 2.71. The Hall–Kier alpha value is -2.28. The summed E-state index contributed by atoms with van der Waals surface area (Å²) in [6, 6.07) is 25.9. The van der Waals surface area contributed by atoms with Crippen molar-refractivity contribution in [2.45, 2.75) is 0 Å². The van der Waals surface area contributed by atoms with Crippen LogP contribution in [-0.2, 0) is 0 Å². The lowest BCUT2D eigenvalue weighted by atomic mass is 10.1. The molecule has 0 aliphatic heterocycles. The summed E-state index contributed by atoms with van der Waals surface area (Å²) in [5.74, 6) is 0. The Morgan fingerprint density at radius 3 is 2.35 bits per heavy atom. The molecule has 1 heteroatoms. The molecule has 3 aromatic rings. The van der Waals surface area contributed by atoms with E-state index >= 15 is 0 Å². The van der Waals surface area contributed by atoms with Crippen LogP contribution in [0.2, 0.25) is 0 Å². The molecule has 0 aromatic heterocycles. The minimum atomic E-state index is 0.995. The molecule has 1 nitrogen and oxygen atoms in total. The largest absolute Gasteiger partial charge is 0.355 e. The molecule has 3 aromatic carbocycles. The van der Waals surface area contributed by atoms with E-state index in [1.165, 1.54) is 5.39 Å². The fourth-order valence-corrected chi connectivity index (χ4v) is 1.87. The van der Waals surface area contributed by atoms with Gasteiger partial charge in [-0.3, -0.25) is 0 Å². The number of nitrogens with one attached hydrogen (secondary N) is 1. The smallest absolute Gasteiger partial charge is 0.0471 e. The summed E-state index contributed by atoms with van der Waals surface area (Å²) in [7, 11) is 0. The van der Waals surface area contributed by atoms with Crippen LogP contribution < -0.4 is 5.32 Å². The van der Waals surface area contributed by atoms with E-state index in [0.717, 1.165) is 16.8 Å². The van der Waals surface area contributed by atoms with Crippen molar-refractivity contribution in [1.29, 1.82) is 0 Å². The van der Waals surface area contributed by atoms with Gasteiger partial charge in [-0.05, 0) is 29.0 Å². The summed E-state index contributed by atoms with van der Waals surface area (Å²) < 4.78 is 0. The first-order valence-electron chi connectivity index (χ1n) is 5.65. The monoisotopic (exact) mass is 218 g/mol. The zero-order valence-corrected chi connectivity index (χ0v) is 9.35. The molecule has 3 rings (SSSR count). The van der Waals surface area contributed by atoms with Gasteiger partial charge in [0, 0.05) is 17.4 Å². The van der Waals surface area contributed by atoms with Crippen LogP contribution in [0.4, 0.5) is 11.4 Å². The normalized spacial score (nSPS) is 10.4. The van der Waals surface area contributed by atoms with E-state index < -0.39 is 0 Å². The van der Waals surface area contributed by atoms with Crippen LogP contribution in [0, 0.1) is 6.07 Å². The number of benzene rings is 3. The standard InChI is InChI=1S/C16H12N/c1-2-8-15(9-3-1)17-16-11-10-13-6-4-5-7-14(13)12-16/h1-11,17H. The quantitative estimate of drug-likeness (QED) is 0.673. The molecular weight excluding hydrogens is 206 g/mol. The van der Waals surface area contributed by atoms with Gasteiger partial charge >= 0.3 is 0 Å². The first-order valence-corrected chi connectivity index (χ1v) is 5.65. The Balaban J connectivity index is 1.96. The van der Waals surface area contributed by atoms with Crippen molar-refractivity contribution in [3.05, 3.63) is 72.8 Å². The molecule has 0 fully saturated rings. The highest BCUT2D eigenvalue weighted by molar-refractivity contribution is 5.85. The molecule has 0 atom stereocenters. The van der Waals surface area contributed by atoms with Gasteiger partial charge in [0.15, 0.2) is 0 Å². The lowest BCUT2D eigenvalue weighted by molar-refractivity contribution is 1.56. The van der Waals surface area contributed by atoms with Crippen LogP contribution in [0.25, 0.3) is 10.8 Å². The minimum absolute atomic E-state index is 0.995. The molecule has 0 heterocycles. The van der Waals surface area contributed by atoms with Gasteiger partial charge in [0.2, 0.25) is 0 Å². The van der Waals surface area contributed by atoms with Crippen molar-refractivity contribution >= 4 is 22.1 Å². The van der Waals surface area contributed by atoms with Crippen LogP contribution in [0.5, 0.6) is 0 Å². The highest BCUT2D eigenvalue weighted by atomic mass is 14.9. The number of anilines is 2. The van der Waals surface area contributed by atoms with Gasteiger partial charge in [-0.15, -0.1) is 0 Å². The molecular formula is C16H12N. The molecule has 81 valence electrons. The van der Waals surface area contributed by atoms with Crippen molar-refractivity contribution in [1.82, 2.24) is 0 Å².